The lowest BCUT2D eigenvalue weighted by atomic mass is 10.1. The first kappa shape index (κ1) is 16.0. The first-order chi connectivity index (χ1) is 11.2. The summed E-state index contributed by atoms with van der Waals surface area (Å²) in [6.45, 7) is 0.148. The molecule has 6 heteroatoms. The van der Waals surface area contributed by atoms with Crippen LogP contribution in [0.2, 0.25) is 0 Å². The van der Waals surface area contributed by atoms with E-state index in [4.69, 9.17) is 20.5 Å². The maximum Gasteiger partial charge on any atom is 0.348 e. The zero-order chi connectivity index (χ0) is 16.7. The lowest BCUT2D eigenvalue weighted by Gasteiger charge is -2.02. The van der Waals surface area contributed by atoms with E-state index in [1.54, 1.807) is 12.1 Å². The Bertz CT molecular complexity index is 861. The first-order valence-corrected chi connectivity index (χ1v) is 7.27. The SMILES string of the molecule is N#CC(C#N)=C(C#N)c1ccc(C(=O)OCc2ccccc2)s1. The van der Waals surface area contributed by atoms with Gasteiger partial charge in [0.15, 0.2) is 0 Å². The maximum atomic E-state index is 12.0. The van der Waals surface area contributed by atoms with Gasteiger partial charge in [-0.3, -0.25) is 0 Å². The zero-order valence-electron chi connectivity index (χ0n) is 11.8. The molecule has 0 radical (unpaired) electrons. The molecule has 0 bridgehead atoms. The number of hydrogen-bond acceptors (Lipinski definition) is 6. The van der Waals surface area contributed by atoms with E-state index in [1.165, 1.54) is 12.1 Å². The van der Waals surface area contributed by atoms with Gasteiger partial charge >= 0.3 is 5.97 Å². The Morgan fingerprint density at radius 1 is 0.957 bits per heavy atom. The van der Waals surface area contributed by atoms with Crippen LogP contribution in [0.1, 0.15) is 20.1 Å². The molecule has 2 rings (SSSR count). The molecule has 1 aromatic carbocycles. The summed E-state index contributed by atoms with van der Waals surface area (Å²) in [5.74, 6) is -0.516. The smallest absolute Gasteiger partial charge is 0.348 e. The summed E-state index contributed by atoms with van der Waals surface area (Å²) < 4.78 is 5.20. The zero-order valence-corrected chi connectivity index (χ0v) is 12.6. The summed E-state index contributed by atoms with van der Waals surface area (Å²) in [5.41, 5.74) is 0.548. The molecule has 0 saturated heterocycles. The summed E-state index contributed by atoms with van der Waals surface area (Å²) in [4.78, 5) is 12.7. The number of thiophene rings is 1. The van der Waals surface area contributed by atoms with Crippen molar-refractivity contribution in [2.24, 2.45) is 0 Å². The van der Waals surface area contributed by atoms with Gasteiger partial charge in [-0.1, -0.05) is 30.3 Å². The average Bonchev–Trinajstić information content (AvgIpc) is 3.08. The normalized spacial score (nSPS) is 9.09. The van der Waals surface area contributed by atoms with E-state index in [9.17, 15) is 4.79 Å². The van der Waals surface area contributed by atoms with E-state index >= 15 is 0 Å². The molecule has 0 unspecified atom stereocenters. The van der Waals surface area contributed by atoms with Gasteiger partial charge in [-0.2, -0.15) is 15.8 Å². The van der Waals surface area contributed by atoms with Gasteiger partial charge in [-0.05, 0) is 17.7 Å². The van der Waals surface area contributed by atoms with Crippen molar-refractivity contribution >= 4 is 22.9 Å². The van der Waals surface area contributed by atoms with Crippen molar-refractivity contribution < 1.29 is 9.53 Å². The second-order valence-corrected chi connectivity index (χ2v) is 5.39. The van der Waals surface area contributed by atoms with Crippen LogP contribution in [0.5, 0.6) is 0 Å². The van der Waals surface area contributed by atoms with E-state index < -0.39 is 5.97 Å². The van der Waals surface area contributed by atoms with Gasteiger partial charge in [0.1, 0.15) is 35.3 Å². The number of carbonyl (C=O) groups excluding carboxylic acids is 1. The fourth-order valence-corrected chi connectivity index (χ4v) is 2.65. The van der Waals surface area contributed by atoms with Crippen LogP contribution in [0.3, 0.4) is 0 Å². The Morgan fingerprint density at radius 3 is 2.22 bits per heavy atom. The molecule has 0 saturated carbocycles. The quantitative estimate of drug-likeness (QED) is 0.635. The Balaban J connectivity index is 2.15. The Morgan fingerprint density at radius 2 is 1.61 bits per heavy atom. The highest BCUT2D eigenvalue weighted by molar-refractivity contribution is 7.15. The number of nitriles is 3. The standard InChI is InChI=1S/C17H9N3O2S/c18-8-13(9-19)14(10-20)15-6-7-16(23-15)17(21)22-11-12-4-2-1-3-5-12/h1-7H,11H2. The van der Waals surface area contributed by atoms with E-state index in [1.807, 2.05) is 36.4 Å². The molecule has 5 nitrogen and oxygen atoms in total. The Labute approximate surface area is 136 Å². The third kappa shape index (κ3) is 3.83. The van der Waals surface area contributed by atoms with Crippen molar-refractivity contribution in [3.63, 3.8) is 0 Å². The fraction of sp³-hybridized carbons (Fsp3) is 0.0588. The molecule has 0 N–H and O–H groups in total. The molecule has 0 fully saturated rings. The highest BCUT2D eigenvalue weighted by Crippen LogP contribution is 2.26. The minimum atomic E-state index is -0.516. The van der Waals surface area contributed by atoms with Crippen molar-refractivity contribution in [3.05, 3.63) is 63.4 Å². The van der Waals surface area contributed by atoms with Crippen molar-refractivity contribution in [2.45, 2.75) is 6.61 Å². The molecule has 0 spiro atoms. The third-order valence-corrected chi connectivity index (χ3v) is 3.93. The summed E-state index contributed by atoms with van der Waals surface area (Å²) in [6, 6.07) is 17.5. The number of carbonyl (C=O) groups is 1. The Kier molecular flexibility index (Phi) is 5.25. The number of esters is 1. The number of nitrogens with zero attached hydrogens (tertiary/aromatic N) is 3. The molecule has 1 heterocycles. The second-order valence-electron chi connectivity index (χ2n) is 4.31. The van der Waals surface area contributed by atoms with Crippen molar-refractivity contribution in [1.82, 2.24) is 0 Å². The predicted molar refractivity (Wildman–Crippen MR) is 83.6 cm³/mol. The molecule has 0 atom stereocenters. The average molecular weight is 319 g/mol. The molecule has 2 aromatic rings. The highest BCUT2D eigenvalue weighted by atomic mass is 32.1. The summed E-state index contributed by atoms with van der Waals surface area (Å²) >= 11 is 1.01. The first-order valence-electron chi connectivity index (χ1n) is 6.45. The van der Waals surface area contributed by atoms with E-state index in [0.29, 0.717) is 9.75 Å². The largest absolute Gasteiger partial charge is 0.457 e. The number of benzene rings is 1. The fourth-order valence-electron chi connectivity index (χ4n) is 1.75. The van der Waals surface area contributed by atoms with E-state index in [-0.39, 0.29) is 17.8 Å². The van der Waals surface area contributed by atoms with E-state index in [2.05, 4.69) is 0 Å². The van der Waals surface area contributed by atoms with Gasteiger partial charge in [0, 0.05) is 4.88 Å². The van der Waals surface area contributed by atoms with Crippen LogP contribution < -0.4 is 0 Å². The molecule has 0 amide bonds. The maximum absolute atomic E-state index is 12.0. The Hall–Kier alpha value is -3.40. The van der Waals surface area contributed by atoms with Crippen molar-refractivity contribution in [3.8, 4) is 18.2 Å². The lowest BCUT2D eigenvalue weighted by molar-refractivity contribution is 0.0478. The molecule has 1 aromatic heterocycles. The molecule has 23 heavy (non-hydrogen) atoms. The van der Waals surface area contributed by atoms with Gasteiger partial charge in [0.25, 0.3) is 0 Å². The molecule has 0 aliphatic rings. The van der Waals surface area contributed by atoms with Gasteiger partial charge in [-0.25, -0.2) is 4.79 Å². The summed E-state index contributed by atoms with van der Waals surface area (Å²) in [5, 5.41) is 26.8. The monoisotopic (exact) mass is 319 g/mol. The van der Waals surface area contributed by atoms with Gasteiger partial charge in [0.05, 0.1) is 5.57 Å². The van der Waals surface area contributed by atoms with Gasteiger partial charge in [-0.15, -0.1) is 11.3 Å². The summed E-state index contributed by atoms with van der Waals surface area (Å²) in [7, 11) is 0. The number of ether oxygens (including phenoxy) is 1. The minimum Gasteiger partial charge on any atom is -0.457 e. The summed E-state index contributed by atoms with van der Waals surface area (Å²) in [6.07, 6.45) is 0. The molecule has 0 aliphatic carbocycles. The third-order valence-electron chi connectivity index (χ3n) is 2.85. The van der Waals surface area contributed by atoms with E-state index in [0.717, 1.165) is 16.9 Å². The minimum absolute atomic E-state index is 0.0397. The highest BCUT2D eigenvalue weighted by Gasteiger charge is 2.16. The van der Waals surface area contributed by atoms with Crippen molar-refractivity contribution in [1.29, 1.82) is 15.8 Å². The van der Waals surface area contributed by atoms with Crippen LogP contribution in [-0.4, -0.2) is 5.97 Å². The van der Waals surface area contributed by atoms with Gasteiger partial charge in [0.2, 0.25) is 0 Å². The van der Waals surface area contributed by atoms with Crippen LogP contribution >= 0.6 is 11.3 Å². The van der Waals surface area contributed by atoms with Gasteiger partial charge < -0.3 is 4.74 Å². The molecular weight excluding hydrogens is 310 g/mol. The number of hydrogen-bond donors (Lipinski definition) is 0. The molecule has 0 aliphatic heterocycles. The topological polar surface area (TPSA) is 97.7 Å². The van der Waals surface area contributed by atoms with Crippen LogP contribution in [0.15, 0.2) is 48.0 Å². The molecular formula is C17H9N3O2S. The van der Waals surface area contributed by atoms with Crippen molar-refractivity contribution in [2.75, 3.05) is 0 Å². The number of allylic oxidation sites excluding steroid dienone is 2. The lowest BCUT2D eigenvalue weighted by Crippen LogP contribution is -2.02. The molecule has 110 valence electrons. The second kappa shape index (κ2) is 7.56. The van der Waals surface area contributed by atoms with Crippen LogP contribution in [0.4, 0.5) is 0 Å². The van der Waals surface area contributed by atoms with Crippen LogP contribution in [-0.2, 0) is 11.3 Å². The van der Waals surface area contributed by atoms with Crippen LogP contribution in [0, 0.1) is 34.0 Å². The number of rotatable bonds is 4. The van der Waals surface area contributed by atoms with Crippen LogP contribution in [0.25, 0.3) is 5.57 Å². The predicted octanol–water partition coefficient (Wildman–Crippen LogP) is 3.43.